The van der Waals surface area contributed by atoms with Gasteiger partial charge in [-0.15, -0.1) is 0 Å². The summed E-state index contributed by atoms with van der Waals surface area (Å²) in [4.78, 5) is 31.3. The highest BCUT2D eigenvalue weighted by molar-refractivity contribution is 5.93. The first-order chi connectivity index (χ1) is 11.8. The fraction of sp³-hybridized carbons (Fsp3) is 0.211. The maximum atomic E-state index is 12.5. The van der Waals surface area contributed by atoms with E-state index < -0.39 is 0 Å². The van der Waals surface area contributed by atoms with Gasteiger partial charge in [0.15, 0.2) is 6.29 Å². The first-order valence-electron chi connectivity index (χ1n) is 7.95. The van der Waals surface area contributed by atoms with Crippen molar-refractivity contribution in [3.63, 3.8) is 0 Å². The number of hydrogen-bond donors (Lipinski definition) is 0. The number of hydrogen-bond acceptors (Lipinski definition) is 4. The van der Waals surface area contributed by atoms with Crippen molar-refractivity contribution < 1.29 is 9.59 Å². The molecule has 0 radical (unpaired) electrons. The fourth-order valence-electron chi connectivity index (χ4n) is 2.63. The van der Waals surface area contributed by atoms with Crippen LogP contribution in [0.2, 0.25) is 0 Å². The van der Waals surface area contributed by atoms with E-state index in [0.717, 1.165) is 18.7 Å². The summed E-state index contributed by atoms with van der Waals surface area (Å²) in [7, 11) is 0. The zero-order valence-electron chi connectivity index (χ0n) is 13.3. The summed E-state index contributed by atoms with van der Waals surface area (Å²) in [5.74, 6) is -0.120. The highest BCUT2D eigenvalue weighted by Crippen LogP contribution is 2.09. The third-order valence-corrected chi connectivity index (χ3v) is 3.99. The zero-order valence-corrected chi connectivity index (χ0v) is 13.3. The predicted octanol–water partition coefficient (Wildman–Crippen LogP) is 2.32. The Morgan fingerprint density at radius 1 is 0.958 bits per heavy atom. The first-order valence-corrected chi connectivity index (χ1v) is 7.95. The molecule has 122 valence electrons. The second kappa shape index (κ2) is 7.55. The maximum absolute atomic E-state index is 12.5. The van der Waals surface area contributed by atoms with Crippen LogP contribution >= 0.6 is 0 Å². The molecule has 5 heteroatoms. The van der Waals surface area contributed by atoms with E-state index in [1.54, 1.807) is 23.1 Å². The highest BCUT2D eigenvalue weighted by atomic mass is 16.2. The van der Waals surface area contributed by atoms with Gasteiger partial charge in [-0.2, -0.15) is 0 Å². The van der Waals surface area contributed by atoms with Gasteiger partial charge < -0.3 is 9.80 Å². The number of pyridine rings is 1. The van der Waals surface area contributed by atoms with Gasteiger partial charge in [0.25, 0.3) is 5.91 Å². The van der Waals surface area contributed by atoms with Crippen LogP contribution in [-0.4, -0.2) is 53.2 Å². The molecule has 1 aromatic heterocycles. The molecule has 0 spiro atoms. The van der Waals surface area contributed by atoms with E-state index in [-0.39, 0.29) is 11.6 Å². The van der Waals surface area contributed by atoms with E-state index in [9.17, 15) is 9.59 Å². The van der Waals surface area contributed by atoms with Crippen LogP contribution in [0.25, 0.3) is 6.08 Å². The number of piperazine rings is 1. The molecule has 0 bridgehead atoms. The second-order valence-electron chi connectivity index (χ2n) is 5.62. The lowest BCUT2D eigenvalue weighted by atomic mass is 10.2. The largest absolute Gasteiger partial charge is 0.374 e. The lowest BCUT2D eigenvalue weighted by Crippen LogP contribution is -2.47. The summed E-state index contributed by atoms with van der Waals surface area (Å²) in [5, 5.41) is 0. The monoisotopic (exact) mass is 321 g/mol. The van der Waals surface area contributed by atoms with Crippen molar-refractivity contribution in [3.8, 4) is 0 Å². The molecule has 1 fully saturated rings. The van der Waals surface area contributed by atoms with Gasteiger partial charge in [-0.25, -0.2) is 4.98 Å². The summed E-state index contributed by atoms with van der Waals surface area (Å²) < 4.78 is 0. The summed E-state index contributed by atoms with van der Waals surface area (Å²) in [6.45, 7) is 2.85. The molecule has 2 heterocycles. The number of carbonyl (C=O) groups excluding carboxylic acids is 2. The van der Waals surface area contributed by atoms with Gasteiger partial charge in [0.2, 0.25) is 0 Å². The molecule has 1 aliphatic heterocycles. The van der Waals surface area contributed by atoms with E-state index in [1.165, 1.54) is 0 Å². The third kappa shape index (κ3) is 3.87. The highest BCUT2D eigenvalue weighted by Gasteiger charge is 2.21. The van der Waals surface area contributed by atoms with Crippen molar-refractivity contribution in [2.45, 2.75) is 0 Å². The number of aldehydes is 1. The van der Waals surface area contributed by atoms with Gasteiger partial charge in [-0.3, -0.25) is 9.59 Å². The van der Waals surface area contributed by atoms with Crippen molar-refractivity contribution in [1.29, 1.82) is 0 Å². The minimum absolute atomic E-state index is 0.120. The summed E-state index contributed by atoms with van der Waals surface area (Å²) in [6.07, 6.45) is 4.80. The lowest BCUT2D eigenvalue weighted by Gasteiger charge is -2.34. The van der Waals surface area contributed by atoms with Gasteiger partial charge >= 0.3 is 0 Å². The minimum Gasteiger partial charge on any atom is -0.374 e. The van der Waals surface area contributed by atoms with Crippen molar-refractivity contribution >= 4 is 18.3 Å². The molecule has 1 aromatic carbocycles. The van der Waals surface area contributed by atoms with Crippen molar-refractivity contribution in [2.75, 3.05) is 26.2 Å². The Balaban J connectivity index is 1.57. The molecule has 3 rings (SSSR count). The molecule has 0 aliphatic carbocycles. The number of rotatable bonds is 4. The van der Waals surface area contributed by atoms with E-state index in [1.807, 2.05) is 18.2 Å². The summed E-state index contributed by atoms with van der Waals surface area (Å²) in [6, 6.07) is 15.1. The Bertz CT molecular complexity index is 735. The van der Waals surface area contributed by atoms with Gasteiger partial charge in [0.1, 0.15) is 11.4 Å². The quantitative estimate of drug-likeness (QED) is 0.811. The summed E-state index contributed by atoms with van der Waals surface area (Å²) in [5.41, 5.74) is 1.77. The molecule has 2 aromatic rings. The molecule has 1 aliphatic rings. The Morgan fingerprint density at radius 3 is 2.42 bits per heavy atom. The first kappa shape index (κ1) is 15.9. The maximum Gasteiger partial charge on any atom is 0.272 e. The van der Waals surface area contributed by atoms with E-state index in [2.05, 4.69) is 34.3 Å². The average molecular weight is 321 g/mol. The molecule has 1 amide bonds. The lowest BCUT2D eigenvalue weighted by molar-refractivity contribution is 0.0674. The zero-order chi connectivity index (χ0) is 16.8. The average Bonchev–Trinajstić information content (AvgIpc) is 2.67. The smallest absolute Gasteiger partial charge is 0.272 e. The Labute approximate surface area is 141 Å². The molecular weight excluding hydrogens is 302 g/mol. The number of nitrogens with zero attached hydrogens (tertiary/aromatic N) is 3. The van der Waals surface area contributed by atoms with Crippen LogP contribution < -0.4 is 0 Å². The van der Waals surface area contributed by atoms with Crippen LogP contribution in [0.15, 0.2) is 54.7 Å². The Morgan fingerprint density at radius 2 is 1.71 bits per heavy atom. The third-order valence-electron chi connectivity index (χ3n) is 3.99. The topological polar surface area (TPSA) is 53.5 Å². The van der Waals surface area contributed by atoms with E-state index in [0.29, 0.717) is 25.1 Å². The Kier molecular flexibility index (Phi) is 5.01. The normalized spacial score (nSPS) is 14.8. The molecule has 5 nitrogen and oxygen atoms in total. The van der Waals surface area contributed by atoms with Crippen LogP contribution in [0.4, 0.5) is 0 Å². The molecule has 0 unspecified atom stereocenters. The number of amides is 1. The minimum atomic E-state index is -0.120. The predicted molar refractivity (Wildman–Crippen MR) is 92.6 cm³/mol. The number of carbonyl (C=O) groups is 2. The van der Waals surface area contributed by atoms with E-state index >= 15 is 0 Å². The number of benzene rings is 1. The van der Waals surface area contributed by atoms with Gasteiger partial charge in [0, 0.05) is 26.2 Å². The van der Waals surface area contributed by atoms with Crippen LogP contribution in [0.5, 0.6) is 0 Å². The molecule has 0 N–H and O–H groups in total. The SMILES string of the molecule is O=Cc1cccc(C(=O)N2CCN(C=Cc3ccccc3)CC2)n1. The standard InChI is InChI=1S/C19H19N3O2/c23-15-17-7-4-8-18(20-17)19(24)22-13-11-21(12-14-22)10-9-16-5-2-1-3-6-16/h1-10,15H,11-14H2. The van der Waals surface area contributed by atoms with Gasteiger partial charge in [0.05, 0.1) is 0 Å². The molecule has 24 heavy (non-hydrogen) atoms. The van der Waals surface area contributed by atoms with Crippen molar-refractivity contribution in [1.82, 2.24) is 14.8 Å². The van der Waals surface area contributed by atoms with Crippen LogP contribution in [0, 0.1) is 0 Å². The summed E-state index contributed by atoms with van der Waals surface area (Å²) >= 11 is 0. The van der Waals surface area contributed by atoms with Gasteiger partial charge in [-0.05, 0) is 30.0 Å². The second-order valence-corrected chi connectivity index (χ2v) is 5.62. The fourth-order valence-corrected chi connectivity index (χ4v) is 2.63. The molecule has 0 saturated carbocycles. The van der Waals surface area contributed by atoms with Crippen molar-refractivity contribution in [2.24, 2.45) is 0 Å². The van der Waals surface area contributed by atoms with Crippen LogP contribution in [0.3, 0.4) is 0 Å². The molecule has 0 atom stereocenters. The number of aromatic nitrogens is 1. The van der Waals surface area contributed by atoms with Crippen LogP contribution in [0.1, 0.15) is 26.5 Å². The Hall–Kier alpha value is -2.95. The molecular formula is C19H19N3O2. The van der Waals surface area contributed by atoms with E-state index in [4.69, 9.17) is 0 Å². The molecule has 1 saturated heterocycles. The van der Waals surface area contributed by atoms with Crippen molar-refractivity contribution in [3.05, 3.63) is 71.7 Å². The van der Waals surface area contributed by atoms with Crippen LogP contribution in [-0.2, 0) is 0 Å². The van der Waals surface area contributed by atoms with Gasteiger partial charge in [-0.1, -0.05) is 36.4 Å².